The zero-order valence-corrected chi connectivity index (χ0v) is 8.45. The molecule has 2 rings (SSSR count). The fraction of sp³-hybridized carbons (Fsp3) is 0. The topological polar surface area (TPSA) is 114 Å². The second kappa shape index (κ2) is 4.39. The summed E-state index contributed by atoms with van der Waals surface area (Å²) in [5.41, 5.74) is -0.929. The molecule has 0 amide bonds. The van der Waals surface area contributed by atoms with Gasteiger partial charge in [0.05, 0.1) is 23.1 Å². The predicted molar refractivity (Wildman–Crippen MR) is 59.0 cm³/mol. The summed E-state index contributed by atoms with van der Waals surface area (Å²) < 4.78 is 0. The van der Waals surface area contributed by atoms with Gasteiger partial charge in [-0.25, -0.2) is 4.98 Å². The van der Waals surface area contributed by atoms with Crippen LogP contribution in [0.25, 0.3) is 0 Å². The number of nitro groups is 1. The van der Waals surface area contributed by atoms with Crippen LogP contribution in [0.15, 0.2) is 35.6 Å². The first-order valence-corrected chi connectivity index (χ1v) is 4.57. The van der Waals surface area contributed by atoms with Crippen LogP contribution in [-0.2, 0) is 0 Å². The summed E-state index contributed by atoms with van der Waals surface area (Å²) in [4.78, 5) is 30.9. The minimum absolute atomic E-state index is 0.119. The van der Waals surface area contributed by atoms with Gasteiger partial charge in [0.25, 0.3) is 0 Å². The zero-order chi connectivity index (χ0) is 12.3. The molecule has 0 aliphatic heterocycles. The van der Waals surface area contributed by atoms with Crippen molar-refractivity contribution >= 4 is 17.2 Å². The fourth-order valence-corrected chi connectivity index (χ4v) is 1.23. The highest BCUT2D eigenvalue weighted by Crippen LogP contribution is 2.19. The molecule has 2 N–H and O–H groups in total. The fourth-order valence-electron chi connectivity index (χ4n) is 1.23. The molecule has 0 unspecified atom stereocenters. The molecule has 0 bridgehead atoms. The molecule has 2 heterocycles. The molecule has 17 heavy (non-hydrogen) atoms. The quantitative estimate of drug-likeness (QED) is 0.599. The Balaban J connectivity index is 2.43. The molecule has 0 atom stereocenters. The van der Waals surface area contributed by atoms with E-state index in [-0.39, 0.29) is 5.82 Å². The second-order valence-corrected chi connectivity index (χ2v) is 3.05. The Hall–Kier alpha value is -2.77. The largest absolute Gasteiger partial charge is 0.376 e. The van der Waals surface area contributed by atoms with E-state index in [1.165, 1.54) is 6.20 Å². The molecule has 0 fully saturated rings. The maximum absolute atomic E-state index is 11.3. The van der Waals surface area contributed by atoms with Crippen LogP contribution in [-0.4, -0.2) is 19.9 Å². The van der Waals surface area contributed by atoms with Crippen LogP contribution in [0.3, 0.4) is 0 Å². The number of pyridine rings is 1. The van der Waals surface area contributed by atoms with Crippen molar-refractivity contribution in [3.63, 3.8) is 0 Å². The molecule has 86 valence electrons. The monoisotopic (exact) mass is 233 g/mol. The Morgan fingerprint density at radius 2 is 2.29 bits per heavy atom. The van der Waals surface area contributed by atoms with Crippen LogP contribution in [0.5, 0.6) is 0 Å². The normalized spacial score (nSPS) is 9.88. The highest BCUT2D eigenvalue weighted by Gasteiger charge is 2.20. The summed E-state index contributed by atoms with van der Waals surface area (Å²) in [5, 5.41) is 13.4. The van der Waals surface area contributed by atoms with Crippen molar-refractivity contribution in [2.45, 2.75) is 0 Å². The average molecular weight is 233 g/mol. The summed E-state index contributed by atoms with van der Waals surface area (Å²) in [6, 6.07) is 3.31. The van der Waals surface area contributed by atoms with Gasteiger partial charge in [-0.1, -0.05) is 0 Å². The number of hydrogen-bond acceptors (Lipinski definition) is 6. The van der Waals surface area contributed by atoms with E-state index in [2.05, 4.69) is 20.3 Å². The maximum Gasteiger partial charge on any atom is 0.376 e. The number of nitrogens with zero attached hydrogens (tertiary/aromatic N) is 3. The van der Waals surface area contributed by atoms with Crippen molar-refractivity contribution in [3.8, 4) is 0 Å². The van der Waals surface area contributed by atoms with Gasteiger partial charge in [0, 0.05) is 6.20 Å². The Bertz CT molecular complexity index is 595. The molecule has 0 aliphatic rings. The van der Waals surface area contributed by atoms with Gasteiger partial charge in [0.15, 0.2) is 0 Å². The van der Waals surface area contributed by atoms with E-state index < -0.39 is 16.2 Å². The molecular weight excluding hydrogens is 226 g/mol. The third kappa shape index (κ3) is 2.25. The van der Waals surface area contributed by atoms with Crippen molar-refractivity contribution in [2.24, 2.45) is 0 Å². The lowest BCUT2D eigenvalue weighted by Crippen LogP contribution is -2.14. The number of nitrogens with one attached hydrogen (secondary N) is 2. The third-order valence-electron chi connectivity index (χ3n) is 1.94. The Morgan fingerprint density at radius 3 is 2.94 bits per heavy atom. The van der Waals surface area contributed by atoms with Gasteiger partial charge in [-0.2, -0.15) is 0 Å². The van der Waals surface area contributed by atoms with Crippen LogP contribution in [0, 0.1) is 10.1 Å². The molecule has 0 saturated carbocycles. The summed E-state index contributed by atoms with van der Waals surface area (Å²) >= 11 is 0. The molecule has 8 heteroatoms. The molecule has 2 aromatic heterocycles. The van der Waals surface area contributed by atoms with Gasteiger partial charge in [0.1, 0.15) is 0 Å². The number of H-pyrrole nitrogens is 1. The van der Waals surface area contributed by atoms with Crippen molar-refractivity contribution in [2.75, 3.05) is 5.32 Å². The molecular formula is C9H7N5O3. The number of aromatic amines is 1. The smallest absolute Gasteiger partial charge is 0.333 e. The molecule has 0 aliphatic carbocycles. The number of hydrogen-bond donors (Lipinski definition) is 2. The lowest BCUT2D eigenvalue weighted by molar-refractivity contribution is -0.385. The minimum Gasteiger partial charge on any atom is -0.333 e. The van der Waals surface area contributed by atoms with Crippen molar-refractivity contribution < 1.29 is 4.92 Å². The van der Waals surface area contributed by atoms with Crippen LogP contribution < -0.4 is 10.9 Å². The lowest BCUT2D eigenvalue weighted by Gasteiger charge is -2.03. The average Bonchev–Trinajstić information content (AvgIpc) is 2.30. The Morgan fingerprint density at radius 1 is 1.47 bits per heavy atom. The first kappa shape index (κ1) is 10.7. The molecule has 2 aromatic rings. The highest BCUT2D eigenvalue weighted by atomic mass is 16.6. The maximum atomic E-state index is 11.3. The minimum atomic E-state index is -0.809. The van der Waals surface area contributed by atoms with Crippen LogP contribution in [0.4, 0.5) is 17.2 Å². The van der Waals surface area contributed by atoms with Crippen molar-refractivity contribution in [1.82, 2.24) is 15.0 Å². The molecule has 0 spiro atoms. The molecule has 0 radical (unpaired) electrons. The molecule has 0 saturated heterocycles. The van der Waals surface area contributed by atoms with Crippen molar-refractivity contribution in [3.05, 3.63) is 51.3 Å². The van der Waals surface area contributed by atoms with E-state index in [4.69, 9.17) is 0 Å². The second-order valence-electron chi connectivity index (χ2n) is 3.05. The van der Waals surface area contributed by atoms with Crippen molar-refractivity contribution in [1.29, 1.82) is 0 Å². The van der Waals surface area contributed by atoms with Gasteiger partial charge in [-0.05, 0) is 12.1 Å². The van der Waals surface area contributed by atoms with E-state index >= 15 is 0 Å². The molecule has 0 aromatic carbocycles. The Labute approximate surface area is 94.5 Å². The van der Waals surface area contributed by atoms with Gasteiger partial charge in [0.2, 0.25) is 5.82 Å². The van der Waals surface area contributed by atoms with Crippen LogP contribution in [0.1, 0.15) is 0 Å². The van der Waals surface area contributed by atoms with Crippen LogP contribution in [0.2, 0.25) is 0 Å². The van der Waals surface area contributed by atoms with Gasteiger partial charge in [-0.3, -0.25) is 19.9 Å². The Kier molecular flexibility index (Phi) is 2.77. The highest BCUT2D eigenvalue weighted by molar-refractivity contribution is 5.63. The van der Waals surface area contributed by atoms with E-state index in [1.807, 2.05) is 0 Å². The third-order valence-corrected chi connectivity index (χ3v) is 1.94. The van der Waals surface area contributed by atoms with E-state index in [1.54, 1.807) is 18.3 Å². The van der Waals surface area contributed by atoms with E-state index in [9.17, 15) is 14.9 Å². The van der Waals surface area contributed by atoms with E-state index in [0.717, 1.165) is 6.33 Å². The SMILES string of the molecule is O=c1[nH]cnc(Nc2cccnc2)c1[N+](=O)[O-]. The van der Waals surface area contributed by atoms with Gasteiger partial charge >= 0.3 is 11.2 Å². The van der Waals surface area contributed by atoms with Gasteiger partial charge < -0.3 is 10.3 Å². The summed E-state index contributed by atoms with van der Waals surface area (Å²) in [5.74, 6) is -0.119. The predicted octanol–water partition coefficient (Wildman–Crippen LogP) is 0.817. The zero-order valence-electron chi connectivity index (χ0n) is 8.45. The van der Waals surface area contributed by atoms with Crippen LogP contribution >= 0.6 is 0 Å². The number of rotatable bonds is 3. The lowest BCUT2D eigenvalue weighted by atomic mass is 10.4. The van der Waals surface area contributed by atoms with E-state index in [0.29, 0.717) is 5.69 Å². The number of aromatic nitrogens is 3. The first-order valence-electron chi connectivity index (χ1n) is 4.57. The molecule has 8 nitrogen and oxygen atoms in total. The first-order chi connectivity index (χ1) is 8.18. The summed E-state index contributed by atoms with van der Waals surface area (Å²) in [6.45, 7) is 0. The summed E-state index contributed by atoms with van der Waals surface area (Å²) in [6.07, 6.45) is 4.12. The standard InChI is InChI=1S/C9H7N5O3/c15-9-7(14(16)17)8(11-5-12-9)13-6-2-1-3-10-4-6/h1-5H,(H2,11,12,13,15). The summed E-state index contributed by atoms with van der Waals surface area (Å²) in [7, 11) is 0. The number of anilines is 2. The van der Waals surface area contributed by atoms with Gasteiger partial charge in [-0.15, -0.1) is 0 Å².